The molecule has 0 spiro atoms. The average Bonchev–Trinajstić information content (AvgIpc) is 3.67. The van der Waals surface area contributed by atoms with Gasteiger partial charge < -0.3 is 0 Å². The van der Waals surface area contributed by atoms with Gasteiger partial charge in [0.25, 0.3) is 0 Å². The Morgan fingerprint density at radius 3 is 1.43 bits per heavy atom. The van der Waals surface area contributed by atoms with Crippen LogP contribution in [0.5, 0.6) is 0 Å². The molecule has 5 heteroatoms. The van der Waals surface area contributed by atoms with Gasteiger partial charge in [0.15, 0.2) is 17.5 Å². The molecule has 3 aromatic heterocycles. The second kappa shape index (κ2) is 10.2. The van der Waals surface area contributed by atoms with Crippen LogP contribution >= 0.6 is 22.7 Å². The molecule has 0 N–H and O–H groups in total. The Morgan fingerprint density at radius 2 is 0.818 bits per heavy atom. The van der Waals surface area contributed by atoms with Gasteiger partial charge in [-0.15, -0.1) is 22.7 Å². The number of hydrogen-bond acceptors (Lipinski definition) is 5. The molecule has 0 bridgehead atoms. The van der Waals surface area contributed by atoms with Gasteiger partial charge in [-0.3, -0.25) is 0 Å². The number of benzene rings is 6. The van der Waals surface area contributed by atoms with Crippen LogP contribution in [0.1, 0.15) is 0 Å². The first-order valence-electron chi connectivity index (χ1n) is 14.5. The van der Waals surface area contributed by atoms with Gasteiger partial charge >= 0.3 is 0 Å². The molecule has 0 atom stereocenters. The summed E-state index contributed by atoms with van der Waals surface area (Å²) in [5.41, 5.74) is 5.49. The molecule has 0 saturated carbocycles. The van der Waals surface area contributed by atoms with Crippen molar-refractivity contribution in [2.45, 2.75) is 0 Å². The van der Waals surface area contributed by atoms with Crippen molar-refractivity contribution in [3.05, 3.63) is 140 Å². The van der Waals surface area contributed by atoms with Gasteiger partial charge in [0.2, 0.25) is 0 Å². The zero-order valence-electron chi connectivity index (χ0n) is 23.4. The summed E-state index contributed by atoms with van der Waals surface area (Å²) < 4.78 is 5.18. The molecule has 3 heterocycles. The van der Waals surface area contributed by atoms with E-state index in [-0.39, 0.29) is 0 Å². The van der Waals surface area contributed by atoms with Crippen molar-refractivity contribution in [1.82, 2.24) is 15.0 Å². The maximum Gasteiger partial charge on any atom is 0.164 e. The average molecular weight is 598 g/mol. The van der Waals surface area contributed by atoms with Gasteiger partial charge in [-0.1, -0.05) is 127 Å². The number of fused-ring (bicyclic) bond motifs is 6. The Balaban J connectivity index is 1.22. The topological polar surface area (TPSA) is 38.7 Å². The molecule has 0 aliphatic rings. The first kappa shape index (κ1) is 25.3. The van der Waals surface area contributed by atoms with Crippen molar-refractivity contribution in [2.75, 3.05) is 0 Å². The van der Waals surface area contributed by atoms with E-state index in [1.54, 1.807) is 0 Å². The Bertz CT molecular complexity index is 2440. The van der Waals surface area contributed by atoms with Crippen LogP contribution in [0.3, 0.4) is 0 Å². The quantitative estimate of drug-likeness (QED) is 0.203. The van der Waals surface area contributed by atoms with Crippen LogP contribution in [-0.2, 0) is 0 Å². The molecule has 9 rings (SSSR count). The summed E-state index contributed by atoms with van der Waals surface area (Å²) >= 11 is 3.72. The number of aromatic nitrogens is 3. The maximum atomic E-state index is 4.96. The monoisotopic (exact) mass is 597 g/mol. The molecular weight excluding hydrogens is 575 g/mol. The van der Waals surface area contributed by atoms with Crippen molar-refractivity contribution in [1.29, 1.82) is 0 Å². The maximum absolute atomic E-state index is 4.96. The van der Waals surface area contributed by atoms with Crippen LogP contribution in [0.25, 0.3) is 85.6 Å². The fourth-order valence-electron chi connectivity index (χ4n) is 6.05. The number of thiophene rings is 2. The lowest BCUT2D eigenvalue weighted by Gasteiger charge is -2.08. The highest BCUT2D eigenvalue weighted by Gasteiger charge is 2.17. The van der Waals surface area contributed by atoms with Crippen LogP contribution in [0.15, 0.2) is 140 Å². The number of nitrogens with zero attached hydrogens (tertiary/aromatic N) is 3. The predicted molar refractivity (Wildman–Crippen MR) is 187 cm³/mol. The van der Waals surface area contributed by atoms with E-state index in [1.807, 2.05) is 83.3 Å². The van der Waals surface area contributed by atoms with E-state index in [9.17, 15) is 0 Å². The molecule has 0 fully saturated rings. The van der Waals surface area contributed by atoms with Gasteiger partial charge in [0.1, 0.15) is 0 Å². The third-order valence-corrected chi connectivity index (χ3v) is 10.6. The first-order valence-corrected chi connectivity index (χ1v) is 16.2. The predicted octanol–water partition coefficient (Wildman–Crippen LogP) is 11.3. The summed E-state index contributed by atoms with van der Waals surface area (Å²) in [6.07, 6.45) is 0. The van der Waals surface area contributed by atoms with Gasteiger partial charge in [-0.25, -0.2) is 15.0 Å². The molecule has 0 amide bonds. The molecule has 9 aromatic rings. The standard InChI is InChI=1S/C39H23N3S2/c1-3-11-24(12-4-1)37-40-38(25-13-5-2-6-14-25)42-39(41-37)26-21-22-28-30-17-10-19-32(36(30)44-34(28)23-26)31-18-9-16-29-27-15-7-8-20-33(27)43-35(29)31/h1-23H. The minimum absolute atomic E-state index is 0.671. The minimum atomic E-state index is 0.671. The number of hydrogen-bond donors (Lipinski definition) is 0. The Labute approximate surface area is 261 Å². The van der Waals surface area contributed by atoms with Gasteiger partial charge in [0.05, 0.1) is 0 Å². The van der Waals surface area contributed by atoms with E-state index >= 15 is 0 Å². The SMILES string of the molecule is c1ccc(-c2nc(-c3ccccc3)nc(-c3ccc4c(c3)sc3c(-c5cccc6c5sc5ccccc56)cccc34)n2)cc1. The van der Waals surface area contributed by atoms with Crippen LogP contribution in [-0.4, -0.2) is 15.0 Å². The lowest BCUT2D eigenvalue weighted by molar-refractivity contribution is 1.07. The third-order valence-electron chi connectivity index (χ3n) is 8.15. The molecule has 0 radical (unpaired) electrons. The molecule has 0 aliphatic carbocycles. The summed E-state index contributed by atoms with van der Waals surface area (Å²) in [7, 11) is 0. The zero-order valence-corrected chi connectivity index (χ0v) is 25.1. The Hall–Kier alpha value is -5.23. The fourth-order valence-corrected chi connectivity index (χ4v) is 8.55. The van der Waals surface area contributed by atoms with E-state index < -0.39 is 0 Å². The molecule has 6 aromatic carbocycles. The van der Waals surface area contributed by atoms with Gasteiger partial charge in [-0.05, 0) is 12.1 Å². The van der Waals surface area contributed by atoms with Crippen molar-refractivity contribution in [3.8, 4) is 45.3 Å². The summed E-state index contributed by atoms with van der Waals surface area (Å²) in [5.74, 6) is 2.02. The van der Waals surface area contributed by atoms with Crippen molar-refractivity contribution in [3.63, 3.8) is 0 Å². The zero-order chi connectivity index (χ0) is 29.0. The summed E-state index contributed by atoms with van der Waals surface area (Å²) in [6, 6.07) is 49.0. The highest BCUT2D eigenvalue weighted by atomic mass is 32.1. The first-order chi connectivity index (χ1) is 21.8. The largest absolute Gasteiger partial charge is 0.208 e. The van der Waals surface area contributed by atoms with E-state index in [4.69, 9.17) is 15.0 Å². The lowest BCUT2D eigenvalue weighted by Crippen LogP contribution is -1.99. The summed E-state index contributed by atoms with van der Waals surface area (Å²) in [5, 5.41) is 5.17. The number of rotatable bonds is 4. The van der Waals surface area contributed by atoms with Gasteiger partial charge in [-0.2, -0.15) is 0 Å². The Kier molecular flexibility index (Phi) is 5.86. The second-order valence-corrected chi connectivity index (χ2v) is 12.9. The molecule has 0 aliphatic heterocycles. The van der Waals surface area contributed by atoms with E-state index in [2.05, 4.69) is 78.9 Å². The molecule has 206 valence electrons. The third kappa shape index (κ3) is 4.13. The van der Waals surface area contributed by atoms with Gasteiger partial charge in [0, 0.05) is 68.2 Å². The molecule has 0 saturated heterocycles. The van der Waals surface area contributed by atoms with E-state index in [0.29, 0.717) is 17.5 Å². The van der Waals surface area contributed by atoms with Crippen molar-refractivity contribution in [2.24, 2.45) is 0 Å². The lowest BCUT2D eigenvalue weighted by atomic mass is 10.0. The minimum Gasteiger partial charge on any atom is -0.208 e. The van der Waals surface area contributed by atoms with Crippen molar-refractivity contribution < 1.29 is 0 Å². The summed E-state index contributed by atoms with van der Waals surface area (Å²) in [4.78, 5) is 14.8. The van der Waals surface area contributed by atoms with Crippen molar-refractivity contribution >= 4 is 63.0 Å². The van der Waals surface area contributed by atoms with Crippen LogP contribution < -0.4 is 0 Å². The molecule has 44 heavy (non-hydrogen) atoms. The smallest absolute Gasteiger partial charge is 0.164 e. The van der Waals surface area contributed by atoms with Crippen LogP contribution in [0.4, 0.5) is 0 Å². The van der Waals surface area contributed by atoms with E-state index in [1.165, 1.54) is 51.5 Å². The summed E-state index contributed by atoms with van der Waals surface area (Å²) in [6.45, 7) is 0. The molecule has 0 unspecified atom stereocenters. The second-order valence-electron chi connectivity index (χ2n) is 10.8. The van der Waals surface area contributed by atoms with Crippen LogP contribution in [0, 0.1) is 0 Å². The highest BCUT2D eigenvalue weighted by molar-refractivity contribution is 7.27. The highest BCUT2D eigenvalue weighted by Crippen LogP contribution is 2.45. The normalized spacial score (nSPS) is 11.6. The molecular formula is C39H23N3S2. The fraction of sp³-hybridized carbons (Fsp3) is 0. The van der Waals surface area contributed by atoms with Crippen LogP contribution in [0.2, 0.25) is 0 Å². The molecule has 3 nitrogen and oxygen atoms in total. The van der Waals surface area contributed by atoms with E-state index in [0.717, 1.165) is 16.7 Å². The Morgan fingerprint density at radius 1 is 0.341 bits per heavy atom.